The second-order valence-corrected chi connectivity index (χ2v) is 7.68. The minimum atomic E-state index is -4.55. The third-order valence-corrected chi connectivity index (χ3v) is 5.52. The van der Waals surface area contributed by atoms with Crippen LogP contribution in [0.4, 0.5) is 24.5 Å². The smallest absolute Gasteiger partial charge is 0.408 e. The lowest BCUT2D eigenvalue weighted by atomic mass is 10.1. The van der Waals surface area contributed by atoms with E-state index in [2.05, 4.69) is 5.32 Å². The number of fused-ring (bicyclic) bond motifs is 1. The maximum atomic E-state index is 13.5. The van der Waals surface area contributed by atoms with Gasteiger partial charge in [-0.05, 0) is 56.5 Å². The van der Waals surface area contributed by atoms with Gasteiger partial charge in [0, 0.05) is 24.5 Å². The molecule has 31 heavy (non-hydrogen) atoms. The molecule has 1 aromatic heterocycles. The summed E-state index contributed by atoms with van der Waals surface area (Å²) in [6.45, 7) is 2.83. The van der Waals surface area contributed by atoms with Crippen molar-refractivity contribution in [1.82, 2.24) is 4.57 Å². The summed E-state index contributed by atoms with van der Waals surface area (Å²) in [4.78, 5) is 27.0. The number of anilines is 2. The van der Waals surface area contributed by atoms with Gasteiger partial charge in [-0.15, -0.1) is 0 Å². The molecule has 0 aliphatic carbocycles. The van der Waals surface area contributed by atoms with Crippen LogP contribution in [0.1, 0.15) is 37.8 Å². The van der Waals surface area contributed by atoms with Gasteiger partial charge in [-0.1, -0.05) is 12.1 Å². The second kappa shape index (κ2) is 8.13. The van der Waals surface area contributed by atoms with Crippen molar-refractivity contribution in [3.63, 3.8) is 0 Å². The highest BCUT2D eigenvalue weighted by atomic mass is 19.4. The molecule has 4 rings (SSSR count). The number of hydrogen-bond donors (Lipinski definition) is 1. The molecule has 0 saturated carbocycles. The summed E-state index contributed by atoms with van der Waals surface area (Å²) >= 11 is 0. The number of hydrogen-bond acceptors (Lipinski definition) is 4. The monoisotopic (exact) mass is 433 g/mol. The van der Waals surface area contributed by atoms with Crippen LogP contribution in [0.2, 0.25) is 0 Å². The normalized spacial score (nSPS) is 15.8. The summed E-state index contributed by atoms with van der Waals surface area (Å²) in [7, 11) is 0. The van der Waals surface area contributed by atoms with Crippen molar-refractivity contribution in [2.75, 3.05) is 23.3 Å². The van der Waals surface area contributed by atoms with E-state index in [1.165, 1.54) is 11.5 Å². The summed E-state index contributed by atoms with van der Waals surface area (Å²) in [6, 6.07) is 9.23. The molecule has 9 heteroatoms. The molecule has 1 aliphatic heterocycles. The summed E-state index contributed by atoms with van der Waals surface area (Å²) in [5, 5.41) is 2.55. The molecule has 1 saturated heterocycles. The van der Waals surface area contributed by atoms with Crippen LogP contribution in [0.3, 0.4) is 0 Å². The Morgan fingerprint density at radius 2 is 1.81 bits per heavy atom. The van der Waals surface area contributed by atoms with Crippen molar-refractivity contribution in [2.45, 2.75) is 38.4 Å². The molecular formula is C22H22F3N3O3. The Kier molecular flexibility index (Phi) is 5.51. The molecule has 1 N–H and O–H groups in total. The van der Waals surface area contributed by atoms with Gasteiger partial charge in [-0.25, -0.2) is 4.79 Å². The number of amides is 1. The molecule has 2 heterocycles. The summed E-state index contributed by atoms with van der Waals surface area (Å²) in [6.07, 6.45) is -1.69. The molecule has 1 fully saturated rings. The average Bonchev–Trinajstić information content (AvgIpc) is 3.08. The Morgan fingerprint density at radius 1 is 1.10 bits per heavy atom. The van der Waals surface area contributed by atoms with E-state index in [4.69, 9.17) is 4.42 Å². The maximum Gasteiger partial charge on any atom is 0.420 e. The summed E-state index contributed by atoms with van der Waals surface area (Å²) in [5.74, 6) is -1.32. The first kappa shape index (κ1) is 21.0. The molecule has 0 radical (unpaired) electrons. The van der Waals surface area contributed by atoms with Gasteiger partial charge >= 0.3 is 11.9 Å². The van der Waals surface area contributed by atoms with E-state index in [-0.39, 0.29) is 5.69 Å². The zero-order chi connectivity index (χ0) is 22.2. The number of alkyl halides is 3. The van der Waals surface area contributed by atoms with E-state index in [0.717, 1.165) is 31.4 Å². The Hall–Kier alpha value is -3.23. The largest absolute Gasteiger partial charge is 0.420 e. The highest BCUT2D eigenvalue weighted by molar-refractivity contribution is 5.95. The van der Waals surface area contributed by atoms with Gasteiger partial charge in [0.2, 0.25) is 5.91 Å². The van der Waals surface area contributed by atoms with Crippen molar-refractivity contribution >= 4 is 28.4 Å². The first-order valence-electron chi connectivity index (χ1n) is 10.1. The van der Waals surface area contributed by atoms with Crippen molar-refractivity contribution in [3.8, 4) is 0 Å². The lowest BCUT2D eigenvalue weighted by Crippen LogP contribution is -2.31. The topological polar surface area (TPSA) is 67.5 Å². The fourth-order valence-electron chi connectivity index (χ4n) is 3.90. The molecule has 0 spiro atoms. The molecule has 1 atom stereocenters. The van der Waals surface area contributed by atoms with Gasteiger partial charge in [-0.2, -0.15) is 13.2 Å². The van der Waals surface area contributed by atoms with Crippen LogP contribution in [0.15, 0.2) is 51.7 Å². The van der Waals surface area contributed by atoms with Gasteiger partial charge in [0.25, 0.3) is 0 Å². The Balaban J connectivity index is 1.65. The minimum absolute atomic E-state index is 0.0353. The van der Waals surface area contributed by atoms with Crippen LogP contribution in [0.5, 0.6) is 0 Å². The Morgan fingerprint density at radius 3 is 2.52 bits per heavy atom. The number of nitrogens with one attached hydrogen (secondary N) is 1. The molecule has 3 aromatic rings. The van der Waals surface area contributed by atoms with Gasteiger partial charge in [0.05, 0.1) is 11.1 Å². The van der Waals surface area contributed by atoms with Crippen molar-refractivity contribution in [1.29, 1.82) is 0 Å². The zero-order valence-electron chi connectivity index (χ0n) is 16.9. The molecule has 2 aromatic carbocycles. The van der Waals surface area contributed by atoms with Crippen LogP contribution < -0.4 is 16.0 Å². The van der Waals surface area contributed by atoms with Gasteiger partial charge < -0.3 is 14.6 Å². The number of benzene rings is 2. The first-order chi connectivity index (χ1) is 14.7. The molecule has 1 aliphatic rings. The number of oxazole rings is 1. The van der Waals surface area contributed by atoms with Crippen LogP contribution in [0.25, 0.3) is 11.1 Å². The van der Waals surface area contributed by atoms with Gasteiger partial charge in [-0.3, -0.25) is 9.36 Å². The zero-order valence-corrected chi connectivity index (χ0v) is 16.9. The quantitative estimate of drug-likeness (QED) is 0.642. The second-order valence-electron chi connectivity index (χ2n) is 7.68. The highest BCUT2D eigenvalue weighted by Gasteiger charge is 2.32. The highest BCUT2D eigenvalue weighted by Crippen LogP contribution is 2.35. The fraction of sp³-hybridized carbons (Fsp3) is 0.364. The number of piperidine rings is 1. The van der Waals surface area contributed by atoms with Gasteiger partial charge in [0.1, 0.15) is 6.04 Å². The summed E-state index contributed by atoms with van der Waals surface area (Å²) in [5.41, 5.74) is 0.396. The SMILES string of the molecule is CC(C(=O)Nc1cc(N2CCCCC2)cc(C(F)(F)F)c1)n1c(=O)oc2ccccc21. The molecule has 6 nitrogen and oxygen atoms in total. The lowest BCUT2D eigenvalue weighted by Gasteiger charge is -2.30. The number of aromatic nitrogens is 1. The van der Waals surface area contributed by atoms with Crippen LogP contribution in [-0.2, 0) is 11.0 Å². The number of carbonyl (C=O) groups excluding carboxylic acids is 1. The predicted molar refractivity (Wildman–Crippen MR) is 111 cm³/mol. The van der Waals surface area contributed by atoms with Crippen molar-refractivity contribution < 1.29 is 22.4 Å². The third-order valence-electron chi connectivity index (χ3n) is 5.52. The predicted octanol–water partition coefficient (Wildman–Crippen LogP) is 4.80. The van der Waals surface area contributed by atoms with E-state index < -0.39 is 29.4 Å². The standard InChI is InChI=1S/C22H22F3N3O3/c1-14(28-18-7-3-4-8-19(18)31-21(28)30)20(29)26-16-11-15(22(23,24)25)12-17(13-16)27-9-5-2-6-10-27/h3-4,7-8,11-14H,2,5-6,9-10H2,1H3,(H,26,29). The number of carbonyl (C=O) groups is 1. The molecule has 164 valence electrons. The lowest BCUT2D eigenvalue weighted by molar-refractivity contribution is -0.137. The van der Waals surface area contributed by atoms with Crippen molar-refractivity contribution in [2.24, 2.45) is 0 Å². The summed E-state index contributed by atoms with van der Waals surface area (Å²) < 4.78 is 46.8. The number of para-hydroxylation sites is 2. The van der Waals surface area contributed by atoms with Crippen molar-refractivity contribution in [3.05, 3.63) is 58.6 Å². The van der Waals surface area contributed by atoms with Gasteiger partial charge in [0.15, 0.2) is 5.58 Å². The van der Waals surface area contributed by atoms with E-state index >= 15 is 0 Å². The van der Waals surface area contributed by atoms with Crippen LogP contribution >= 0.6 is 0 Å². The Bertz CT molecular complexity index is 1160. The van der Waals surface area contributed by atoms with E-state index in [1.807, 2.05) is 4.90 Å². The number of halogens is 3. The van der Waals surface area contributed by atoms with E-state index in [9.17, 15) is 22.8 Å². The van der Waals surface area contributed by atoms with Crippen LogP contribution in [-0.4, -0.2) is 23.6 Å². The minimum Gasteiger partial charge on any atom is -0.408 e. The van der Waals surface area contributed by atoms with Crippen LogP contribution in [0, 0.1) is 0 Å². The molecule has 1 unspecified atom stereocenters. The fourth-order valence-corrected chi connectivity index (χ4v) is 3.90. The van der Waals surface area contributed by atoms with E-state index in [0.29, 0.717) is 29.9 Å². The number of nitrogens with zero attached hydrogens (tertiary/aromatic N) is 2. The van der Waals surface area contributed by atoms with E-state index in [1.54, 1.807) is 30.3 Å². The molecular weight excluding hydrogens is 411 g/mol. The molecule has 1 amide bonds. The number of rotatable bonds is 4. The maximum absolute atomic E-state index is 13.5. The average molecular weight is 433 g/mol. The third kappa shape index (κ3) is 4.30. The molecule has 0 bridgehead atoms. The Labute approximate surface area is 176 Å². The first-order valence-corrected chi connectivity index (χ1v) is 10.1.